The molecule has 0 bridgehead atoms. The first kappa shape index (κ1) is 15.3. The van der Waals surface area contributed by atoms with Crippen molar-refractivity contribution in [2.45, 2.75) is 18.7 Å². The Morgan fingerprint density at radius 2 is 1.94 bits per heavy atom. The fourth-order valence-corrected chi connectivity index (χ4v) is 3.39. The van der Waals surface area contributed by atoms with Crippen LogP contribution in [0.15, 0.2) is 17.0 Å². The van der Waals surface area contributed by atoms with Crippen molar-refractivity contribution in [3.8, 4) is 0 Å². The summed E-state index contributed by atoms with van der Waals surface area (Å²) >= 11 is 1.62. The lowest BCUT2D eigenvalue weighted by Gasteiger charge is -2.18. The molecular weight excluding hydrogens is 268 g/mol. The molecule has 0 unspecified atom stereocenters. The lowest BCUT2D eigenvalue weighted by molar-refractivity contribution is 0.488. The average Bonchev–Trinajstić information content (AvgIpc) is 2.32. The Hall–Kier alpha value is -0.720. The molecule has 0 spiro atoms. The minimum atomic E-state index is -3.43. The summed E-state index contributed by atoms with van der Waals surface area (Å²) in [7, 11) is -1.84. The molecule has 0 aliphatic carbocycles. The molecule has 6 heteroatoms. The summed E-state index contributed by atoms with van der Waals surface area (Å²) in [4.78, 5) is 0.270. The van der Waals surface area contributed by atoms with Gasteiger partial charge < -0.3 is 5.73 Å². The van der Waals surface area contributed by atoms with Crippen LogP contribution in [0.1, 0.15) is 11.1 Å². The number of benzene rings is 1. The van der Waals surface area contributed by atoms with Crippen LogP contribution in [-0.2, 0) is 10.0 Å². The zero-order chi connectivity index (χ0) is 13.9. The quantitative estimate of drug-likeness (QED) is 0.840. The number of hydrogen-bond acceptors (Lipinski definition) is 4. The van der Waals surface area contributed by atoms with E-state index in [4.69, 9.17) is 5.73 Å². The van der Waals surface area contributed by atoms with Crippen molar-refractivity contribution in [3.05, 3.63) is 23.3 Å². The van der Waals surface area contributed by atoms with E-state index in [0.29, 0.717) is 12.2 Å². The maximum atomic E-state index is 12.3. The Kier molecular flexibility index (Phi) is 5.07. The molecule has 1 aromatic carbocycles. The molecule has 102 valence electrons. The van der Waals surface area contributed by atoms with Gasteiger partial charge in [-0.15, -0.1) is 0 Å². The number of sulfonamides is 1. The van der Waals surface area contributed by atoms with Gasteiger partial charge in [0.1, 0.15) is 0 Å². The zero-order valence-corrected chi connectivity index (χ0v) is 12.9. The predicted octanol–water partition coefficient (Wildman–Crippen LogP) is 1.87. The monoisotopic (exact) mass is 288 g/mol. The minimum Gasteiger partial charge on any atom is -0.398 e. The predicted molar refractivity (Wildman–Crippen MR) is 78.5 cm³/mol. The molecule has 0 aliphatic heterocycles. The van der Waals surface area contributed by atoms with Crippen LogP contribution in [-0.4, -0.2) is 38.3 Å². The van der Waals surface area contributed by atoms with Crippen LogP contribution < -0.4 is 5.73 Å². The summed E-state index contributed by atoms with van der Waals surface area (Å²) < 4.78 is 26.0. The van der Waals surface area contributed by atoms with Gasteiger partial charge in [0.05, 0.1) is 4.90 Å². The molecule has 2 N–H and O–H groups in total. The van der Waals surface area contributed by atoms with Gasteiger partial charge in [-0.05, 0) is 43.4 Å². The molecule has 0 radical (unpaired) electrons. The van der Waals surface area contributed by atoms with Gasteiger partial charge in [-0.25, -0.2) is 12.7 Å². The number of thioether (sulfide) groups is 1. The summed E-state index contributed by atoms with van der Waals surface area (Å²) in [6.07, 6.45) is 1.95. The maximum absolute atomic E-state index is 12.3. The van der Waals surface area contributed by atoms with E-state index in [-0.39, 0.29) is 4.90 Å². The van der Waals surface area contributed by atoms with Crippen LogP contribution >= 0.6 is 11.8 Å². The second-order valence-electron chi connectivity index (χ2n) is 4.27. The Labute approximate surface area is 114 Å². The fourth-order valence-electron chi connectivity index (χ4n) is 1.52. The van der Waals surface area contributed by atoms with E-state index in [1.807, 2.05) is 20.1 Å². The molecule has 0 atom stereocenters. The van der Waals surface area contributed by atoms with Crippen LogP contribution in [0.25, 0.3) is 0 Å². The minimum absolute atomic E-state index is 0.270. The fraction of sp³-hybridized carbons (Fsp3) is 0.500. The van der Waals surface area contributed by atoms with Gasteiger partial charge in [0.15, 0.2) is 0 Å². The van der Waals surface area contributed by atoms with Crippen LogP contribution in [0, 0.1) is 13.8 Å². The third kappa shape index (κ3) is 3.18. The summed E-state index contributed by atoms with van der Waals surface area (Å²) in [6, 6.07) is 3.21. The van der Waals surface area contributed by atoms with E-state index >= 15 is 0 Å². The van der Waals surface area contributed by atoms with Gasteiger partial charge in [0.2, 0.25) is 10.0 Å². The topological polar surface area (TPSA) is 63.4 Å². The number of rotatable bonds is 5. The van der Waals surface area contributed by atoms with Crippen molar-refractivity contribution in [2.24, 2.45) is 0 Å². The highest BCUT2D eigenvalue weighted by molar-refractivity contribution is 7.98. The van der Waals surface area contributed by atoms with Crippen LogP contribution in [0.2, 0.25) is 0 Å². The summed E-state index contributed by atoms with van der Waals surface area (Å²) in [5.74, 6) is 0.774. The molecular formula is C12H20N2O2S2. The van der Waals surface area contributed by atoms with Crippen LogP contribution in [0.4, 0.5) is 5.69 Å². The third-order valence-electron chi connectivity index (χ3n) is 3.00. The van der Waals surface area contributed by atoms with Gasteiger partial charge in [-0.1, -0.05) is 0 Å². The number of nitrogen functional groups attached to an aromatic ring is 1. The number of anilines is 1. The molecule has 0 fully saturated rings. The van der Waals surface area contributed by atoms with E-state index in [1.54, 1.807) is 24.9 Å². The third-order valence-corrected chi connectivity index (χ3v) is 5.42. The van der Waals surface area contributed by atoms with Crippen LogP contribution in [0.5, 0.6) is 0 Å². The number of hydrogen-bond donors (Lipinski definition) is 1. The van der Waals surface area contributed by atoms with E-state index in [9.17, 15) is 8.42 Å². The first-order valence-electron chi connectivity index (χ1n) is 5.62. The maximum Gasteiger partial charge on any atom is 0.242 e. The van der Waals surface area contributed by atoms with E-state index in [2.05, 4.69) is 0 Å². The SMILES string of the molecule is CSCCN(C)S(=O)(=O)c1cc(C)c(C)c(N)c1. The number of nitrogens with two attached hydrogens (primary N) is 1. The highest BCUT2D eigenvalue weighted by Crippen LogP contribution is 2.23. The van der Waals surface area contributed by atoms with Gasteiger partial charge >= 0.3 is 0 Å². The van der Waals surface area contributed by atoms with Gasteiger partial charge in [0.25, 0.3) is 0 Å². The van der Waals surface area contributed by atoms with Crippen molar-refractivity contribution < 1.29 is 8.42 Å². The highest BCUT2D eigenvalue weighted by Gasteiger charge is 2.21. The van der Waals surface area contributed by atoms with Crippen LogP contribution in [0.3, 0.4) is 0 Å². The Bertz CT molecular complexity index is 504. The second-order valence-corrected chi connectivity index (χ2v) is 7.30. The lowest BCUT2D eigenvalue weighted by Crippen LogP contribution is -2.29. The normalized spacial score (nSPS) is 12.1. The Morgan fingerprint density at radius 1 is 1.33 bits per heavy atom. The van der Waals surface area contributed by atoms with Crippen molar-refractivity contribution in [1.82, 2.24) is 4.31 Å². The first-order valence-corrected chi connectivity index (χ1v) is 8.46. The average molecular weight is 288 g/mol. The summed E-state index contributed by atoms with van der Waals surface area (Å²) in [6.45, 7) is 4.25. The smallest absolute Gasteiger partial charge is 0.242 e. The number of aryl methyl sites for hydroxylation is 1. The largest absolute Gasteiger partial charge is 0.398 e. The molecule has 0 saturated carbocycles. The van der Waals surface area contributed by atoms with Gasteiger partial charge in [-0.2, -0.15) is 11.8 Å². The summed E-state index contributed by atoms with van der Waals surface area (Å²) in [5.41, 5.74) is 8.18. The van der Waals surface area contributed by atoms with E-state index in [0.717, 1.165) is 16.9 Å². The van der Waals surface area contributed by atoms with E-state index < -0.39 is 10.0 Å². The molecule has 4 nitrogen and oxygen atoms in total. The summed E-state index contributed by atoms with van der Waals surface area (Å²) in [5, 5.41) is 0. The molecule has 0 aliphatic rings. The van der Waals surface area contributed by atoms with Crippen molar-refractivity contribution in [1.29, 1.82) is 0 Å². The van der Waals surface area contributed by atoms with E-state index in [1.165, 1.54) is 10.4 Å². The molecule has 0 aromatic heterocycles. The molecule has 0 saturated heterocycles. The Morgan fingerprint density at radius 3 is 2.44 bits per heavy atom. The zero-order valence-electron chi connectivity index (χ0n) is 11.2. The molecule has 1 aromatic rings. The second kappa shape index (κ2) is 5.95. The standard InChI is InChI=1S/C12H20N2O2S2/c1-9-7-11(8-12(13)10(9)2)18(15,16)14(3)5-6-17-4/h7-8H,5-6,13H2,1-4H3. The number of nitrogens with zero attached hydrogens (tertiary/aromatic N) is 1. The molecule has 1 rings (SSSR count). The van der Waals surface area contributed by atoms with Gasteiger partial charge in [-0.3, -0.25) is 0 Å². The first-order chi connectivity index (χ1) is 8.30. The molecule has 18 heavy (non-hydrogen) atoms. The Balaban J connectivity index is 3.13. The lowest BCUT2D eigenvalue weighted by atomic mass is 10.1. The van der Waals surface area contributed by atoms with Crippen molar-refractivity contribution >= 4 is 27.5 Å². The highest BCUT2D eigenvalue weighted by atomic mass is 32.2. The molecule has 0 amide bonds. The van der Waals surface area contributed by atoms with Crippen molar-refractivity contribution in [2.75, 3.05) is 31.3 Å². The van der Waals surface area contributed by atoms with Crippen molar-refractivity contribution in [3.63, 3.8) is 0 Å². The molecule has 0 heterocycles. The van der Waals surface area contributed by atoms with Gasteiger partial charge in [0, 0.05) is 25.0 Å².